The third-order valence-electron chi connectivity index (χ3n) is 2.08. The van der Waals surface area contributed by atoms with Crippen molar-refractivity contribution < 1.29 is 0 Å². The van der Waals surface area contributed by atoms with Crippen LogP contribution < -0.4 is 11.1 Å². The third kappa shape index (κ3) is 1.14. The van der Waals surface area contributed by atoms with E-state index in [9.17, 15) is 0 Å². The van der Waals surface area contributed by atoms with E-state index in [1.54, 1.807) is 0 Å². The second-order valence-electron chi connectivity index (χ2n) is 3.01. The van der Waals surface area contributed by atoms with Crippen LogP contribution in [0, 0.1) is 6.92 Å². The molecule has 0 amide bonds. The molecule has 1 aromatic rings. The normalized spacial score (nSPS) is 15.8. The predicted molar refractivity (Wildman–Crippen MR) is 46.6 cm³/mol. The van der Waals surface area contributed by atoms with E-state index >= 15 is 0 Å². The van der Waals surface area contributed by atoms with E-state index in [0.29, 0.717) is 5.82 Å². The van der Waals surface area contributed by atoms with Crippen molar-refractivity contribution in [2.24, 2.45) is 0 Å². The van der Waals surface area contributed by atoms with Crippen molar-refractivity contribution in [3.05, 3.63) is 17.1 Å². The van der Waals surface area contributed by atoms with Gasteiger partial charge in [0.05, 0.1) is 5.69 Å². The maximum atomic E-state index is 5.76. The molecule has 12 heavy (non-hydrogen) atoms. The van der Waals surface area contributed by atoms with E-state index < -0.39 is 0 Å². The maximum Gasteiger partial charge on any atom is 0.130 e. The molecule has 0 aromatic carbocycles. The average molecular weight is 164 g/mol. The van der Waals surface area contributed by atoms with Gasteiger partial charge in [0.1, 0.15) is 11.6 Å². The molecule has 1 aliphatic heterocycles. The number of fused-ring (bicyclic) bond motifs is 1. The first-order valence-corrected chi connectivity index (χ1v) is 4.10. The van der Waals surface area contributed by atoms with Gasteiger partial charge < -0.3 is 11.1 Å². The number of hydrogen-bond acceptors (Lipinski definition) is 4. The molecule has 0 saturated carbocycles. The summed E-state index contributed by atoms with van der Waals surface area (Å²) in [5.41, 5.74) is 7.95. The van der Waals surface area contributed by atoms with Crippen LogP contribution in [0.3, 0.4) is 0 Å². The zero-order valence-electron chi connectivity index (χ0n) is 7.09. The van der Waals surface area contributed by atoms with Gasteiger partial charge in [0.15, 0.2) is 0 Å². The molecule has 0 fully saturated rings. The molecule has 1 aliphatic rings. The average Bonchev–Trinajstić information content (AvgIpc) is 2.04. The Labute approximate surface area is 71.2 Å². The molecule has 3 N–H and O–H groups in total. The number of nitrogen functional groups attached to an aromatic ring is 1. The van der Waals surface area contributed by atoms with Gasteiger partial charge in [0, 0.05) is 12.1 Å². The summed E-state index contributed by atoms with van der Waals surface area (Å²) in [6.07, 6.45) is 0.946. The fourth-order valence-corrected chi connectivity index (χ4v) is 1.52. The Hall–Kier alpha value is -1.16. The Kier molecular flexibility index (Phi) is 1.69. The first-order chi connectivity index (χ1) is 5.77. The molecule has 0 unspecified atom stereocenters. The summed E-state index contributed by atoms with van der Waals surface area (Å²) in [6.45, 7) is 3.66. The van der Waals surface area contributed by atoms with Crippen molar-refractivity contribution in [2.75, 3.05) is 12.3 Å². The quantitative estimate of drug-likeness (QED) is 0.567. The maximum absolute atomic E-state index is 5.76. The third-order valence-corrected chi connectivity index (χ3v) is 2.08. The van der Waals surface area contributed by atoms with Crippen LogP contribution in [0.2, 0.25) is 0 Å². The molecule has 0 radical (unpaired) electrons. The van der Waals surface area contributed by atoms with Gasteiger partial charge in [-0.2, -0.15) is 0 Å². The fraction of sp³-hybridized carbons (Fsp3) is 0.500. The van der Waals surface area contributed by atoms with Crippen molar-refractivity contribution in [3.8, 4) is 0 Å². The molecular weight excluding hydrogens is 152 g/mol. The molecule has 0 atom stereocenters. The van der Waals surface area contributed by atoms with Crippen LogP contribution in [0.1, 0.15) is 17.1 Å². The van der Waals surface area contributed by atoms with Crippen LogP contribution in [-0.4, -0.2) is 16.5 Å². The van der Waals surface area contributed by atoms with E-state index in [1.807, 2.05) is 6.92 Å². The van der Waals surface area contributed by atoms with Crippen LogP contribution in [-0.2, 0) is 13.0 Å². The van der Waals surface area contributed by atoms with Gasteiger partial charge in [-0.1, -0.05) is 0 Å². The lowest BCUT2D eigenvalue weighted by molar-refractivity contribution is 0.622. The van der Waals surface area contributed by atoms with Gasteiger partial charge in [0.2, 0.25) is 0 Å². The number of nitrogens with two attached hydrogens (primary N) is 1. The molecule has 0 spiro atoms. The molecule has 2 rings (SSSR count). The SMILES string of the molecule is Cc1nc(N)c2c(n1)CNCC2. The summed E-state index contributed by atoms with van der Waals surface area (Å²) in [6, 6.07) is 0. The Morgan fingerprint density at radius 1 is 1.42 bits per heavy atom. The van der Waals surface area contributed by atoms with Crippen LogP contribution >= 0.6 is 0 Å². The summed E-state index contributed by atoms with van der Waals surface area (Å²) in [5, 5.41) is 3.25. The van der Waals surface area contributed by atoms with Crippen molar-refractivity contribution in [3.63, 3.8) is 0 Å². The summed E-state index contributed by atoms with van der Waals surface area (Å²) in [4.78, 5) is 8.45. The first-order valence-electron chi connectivity index (χ1n) is 4.10. The number of nitrogens with zero attached hydrogens (tertiary/aromatic N) is 2. The largest absolute Gasteiger partial charge is 0.383 e. The number of aryl methyl sites for hydroxylation is 1. The topological polar surface area (TPSA) is 63.8 Å². The number of anilines is 1. The summed E-state index contributed by atoms with van der Waals surface area (Å²) < 4.78 is 0. The van der Waals surface area contributed by atoms with E-state index in [-0.39, 0.29) is 0 Å². The summed E-state index contributed by atoms with van der Waals surface area (Å²) >= 11 is 0. The number of hydrogen-bond donors (Lipinski definition) is 2. The van der Waals surface area contributed by atoms with Crippen LogP contribution in [0.5, 0.6) is 0 Å². The highest BCUT2D eigenvalue weighted by Gasteiger charge is 2.13. The van der Waals surface area contributed by atoms with E-state index in [2.05, 4.69) is 15.3 Å². The monoisotopic (exact) mass is 164 g/mol. The summed E-state index contributed by atoms with van der Waals surface area (Å²) in [5.74, 6) is 1.41. The molecule has 0 aliphatic carbocycles. The fourth-order valence-electron chi connectivity index (χ4n) is 1.52. The minimum atomic E-state index is 0.652. The Morgan fingerprint density at radius 3 is 3.08 bits per heavy atom. The molecule has 0 bridgehead atoms. The number of rotatable bonds is 0. The van der Waals surface area contributed by atoms with Gasteiger partial charge in [0.25, 0.3) is 0 Å². The van der Waals surface area contributed by atoms with Gasteiger partial charge >= 0.3 is 0 Å². The van der Waals surface area contributed by atoms with Gasteiger partial charge in [-0.05, 0) is 19.9 Å². The second kappa shape index (κ2) is 2.71. The van der Waals surface area contributed by atoms with E-state index in [0.717, 1.165) is 36.6 Å². The Balaban J connectivity index is 2.53. The van der Waals surface area contributed by atoms with Crippen LogP contribution in [0.25, 0.3) is 0 Å². The van der Waals surface area contributed by atoms with Crippen molar-refractivity contribution in [1.29, 1.82) is 0 Å². The molecule has 64 valence electrons. The molecule has 4 heteroatoms. The van der Waals surface area contributed by atoms with Crippen LogP contribution in [0.15, 0.2) is 0 Å². The van der Waals surface area contributed by atoms with E-state index in [1.165, 1.54) is 0 Å². The lowest BCUT2D eigenvalue weighted by Gasteiger charge is -2.17. The van der Waals surface area contributed by atoms with Crippen molar-refractivity contribution in [2.45, 2.75) is 19.9 Å². The lowest BCUT2D eigenvalue weighted by atomic mass is 10.1. The molecule has 1 aromatic heterocycles. The smallest absolute Gasteiger partial charge is 0.130 e. The summed E-state index contributed by atoms with van der Waals surface area (Å²) in [7, 11) is 0. The number of nitrogens with one attached hydrogen (secondary N) is 1. The Morgan fingerprint density at radius 2 is 2.25 bits per heavy atom. The molecule has 2 heterocycles. The zero-order valence-corrected chi connectivity index (χ0v) is 7.09. The van der Waals surface area contributed by atoms with Gasteiger partial charge in [-0.15, -0.1) is 0 Å². The minimum Gasteiger partial charge on any atom is -0.383 e. The highest BCUT2D eigenvalue weighted by Crippen LogP contribution is 2.16. The molecule has 4 nitrogen and oxygen atoms in total. The van der Waals surface area contributed by atoms with E-state index in [4.69, 9.17) is 5.73 Å². The highest BCUT2D eigenvalue weighted by molar-refractivity contribution is 5.43. The highest BCUT2D eigenvalue weighted by atomic mass is 15.0. The number of aromatic nitrogens is 2. The lowest BCUT2D eigenvalue weighted by Crippen LogP contribution is -2.26. The van der Waals surface area contributed by atoms with Crippen molar-refractivity contribution >= 4 is 5.82 Å². The van der Waals surface area contributed by atoms with Crippen molar-refractivity contribution in [1.82, 2.24) is 15.3 Å². The molecule has 0 saturated heterocycles. The predicted octanol–water partition coefficient (Wildman–Crippen LogP) is 0.0129. The second-order valence-corrected chi connectivity index (χ2v) is 3.01. The Bertz CT molecular complexity index is 308. The van der Waals surface area contributed by atoms with Gasteiger partial charge in [-0.25, -0.2) is 9.97 Å². The zero-order chi connectivity index (χ0) is 8.55. The molecular formula is C8H12N4. The first kappa shape index (κ1) is 7.49. The standard InChI is InChI=1S/C8H12N4/c1-5-11-7-4-10-3-2-6(7)8(9)12-5/h10H,2-4H2,1H3,(H2,9,11,12). The van der Waals surface area contributed by atoms with Gasteiger partial charge in [-0.3, -0.25) is 0 Å². The minimum absolute atomic E-state index is 0.652. The van der Waals surface area contributed by atoms with Crippen LogP contribution in [0.4, 0.5) is 5.82 Å².